The molecule has 0 amide bonds. The van der Waals surface area contributed by atoms with Crippen molar-refractivity contribution < 1.29 is 14.6 Å². The first-order chi connectivity index (χ1) is 10.9. The zero-order chi connectivity index (χ0) is 17.0. The molecular weight excluding hydrogens is 288 g/mol. The minimum Gasteiger partial charge on any atom is -0.466 e. The Morgan fingerprint density at radius 1 is 1.48 bits per heavy atom. The molecule has 23 heavy (non-hydrogen) atoms. The van der Waals surface area contributed by atoms with E-state index < -0.39 is 11.5 Å². The van der Waals surface area contributed by atoms with Crippen LogP contribution in [0.4, 0.5) is 0 Å². The van der Waals surface area contributed by atoms with Crippen molar-refractivity contribution in [1.82, 2.24) is 0 Å². The molecule has 2 unspecified atom stereocenters. The maximum Gasteiger partial charge on any atom is 0.312 e. The molecule has 0 spiro atoms. The van der Waals surface area contributed by atoms with E-state index in [4.69, 9.17) is 4.74 Å². The lowest BCUT2D eigenvalue weighted by atomic mass is 9.69. The molecule has 124 valence electrons. The number of esters is 1. The zero-order valence-electron chi connectivity index (χ0n) is 14.1. The lowest BCUT2D eigenvalue weighted by Crippen LogP contribution is -2.46. The molecule has 2 atom stereocenters. The smallest absolute Gasteiger partial charge is 0.312 e. The van der Waals surface area contributed by atoms with Crippen LogP contribution < -0.4 is 0 Å². The summed E-state index contributed by atoms with van der Waals surface area (Å²) >= 11 is 0. The zero-order valence-corrected chi connectivity index (χ0v) is 14.1. The van der Waals surface area contributed by atoms with Gasteiger partial charge in [-0.1, -0.05) is 55.8 Å². The van der Waals surface area contributed by atoms with Gasteiger partial charge < -0.3 is 9.84 Å². The fourth-order valence-corrected chi connectivity index (χ4v) is 3.43. The van der Waals surface area contributed by atoms with E-state index in [0.717, 1.165) is 29.5 Å². The van der Waals surface area contributed by atoms with Crippen molar-refractivity contribution in [1.29, 1.82) is 0 Å². The molecule has 1 aliphatic rings. The van der Waals surface area contributed by atoms with Gasteiger partial charge >= 0.3 is 5.97 Å². The SMILES string of the molecule is C=Cc1cc(C)ccc1C(=C)C1(O)CCCCC1C(=O)OCC. The van der Waals surface area contributed by atoms with E-state index in [2.05, 4.69) is 13.2 Å². The molecule has 1 fully saturated rings. The molecule has 0 aromatic heterocycles. The molecule has 0 saturated heterocycles. The van der Waals surface area contributed by atoms with E-state index >= 15 is 0 Å². The quantitative estimate of drug-likeness (QED) is 0.831. The van der Waals surface area contributed by atoms with Gasteiger partial charge in [-0.05, 0) is 43.4 Å². The summed E-state index contributed by atoms with van der Waals surface area (Å²) in [6, 6.07) is 5.95. The van der Waals surface area contributed by atoms with Gasteiger partial charge in [-0.15, -0.1) is 0 Å². The van der Waals surface area contributed by atoms with Crippen LogP contribution in [0.25, 0.3) is 11.6 Å². The predicted molar refractivity (Wildman–Crippen MR) is 93.8 cm³/mol. The Morgan fingerprint density at radius 2 is 2.22 bits per heavy atom. The Kier molecular flexibility index (Phi) is 5.42. The Balaban J connectivity index is 2.41. The molecule has 0 bridgehead atoms. The van der Waals surface area contributed by atoms with Crippen LogP contribution in [-0.2, 0) is 9.53 Å². The number of hydrogen-bond acceptors (Lipinski definition) is 3. The highest BCUT2D eigenvalue weighted by Gasteiger charge is 2.46. The second-order valence-electron chi connectivity index (χ2n) is 6.25. The summed E-state index contributed by atoms with van der Waals surface area (Å²) in [6.07, 6.45) is 4.71. The van der Waals surface area contributed by atoms with Crippen molar-refractivity contribution in [2.24, 2.45) is 5.92 Å². The summed E-state index contributed by atoms with van der Waals surface area (Å²) in [5.74, 6) is -0.884. The van der Waals surface area contributed by atoms with Crippen LogP contribution in [0.5, 0.6) is 0 Å². The largest absolute Gasteiger partial charge is 0.466 e. The van der Waals surface area contributed by atoms with Crippen molar-refractivity contribution in [3.05, 3.63) is 48.0 Å². The predicted octanol–water partition coefficient (Wildman–Crippen LogP) is 4.14. The highest BCUT2D eigenvalue weighted by Crippen LogP contribution is 2.44. The number of aliphatic hydroxyl groups is 1. The first-order valence-corrected chi connectivity index (χ1v) is 8.26. The fraction of sp³-hybridized carbons (Fsp3) is 0.450. The summed E-state index contributed by atoms with van der Waals surface area (Å²) in [5.41, 5.74) is 2.23. The highest BCUT2D eigenvalue weighted by molar-refractivity contribution is 5.84. The minimum absolute atomic E-state index is 0.320. The van der Waals surface area contributed by atoms with Gasteiger partial charge in [0, 0.05) is 0 Å². The molecule has 2 rings (SSSR count). The van der Waals surface area contributed by atoms with Crippen molar-refractivity contribution in [3.8, 4) is 0 Å². The number of carbonyl (C=O) groups excluding carboxylic acids is 1. The molecule has 1 aromatic carbocycles. The minimum atomic E-state index is -1.25. The number of ether oxygens (including phenoxy) is 1. The van der Waals surface area contributed by atoms with Crippen molar-refractivity contribution >= 4 is 17.6 Å². The second-order valence-corrected chi connectivity index (χ2v) is 6.25. The van der Waals surface area contributed by atoms with Gasteiger partial charge in [-0.25, -0.2) is 0 Å². The summed E-state index contributed by atoms with van der Waals surface area (Å²) in [5, 5.41) is 11.3. The Bertz CT molecular complexity index is 617. The third-order valence-electron chi connectivity index (χ3n) is 4.72. The summed E-state index contributed by atoms with van der Waals surface area (Å²) in [6.45, 7) is 12.1. The molecular formula is C20H26O3. The van der Waals surface area contributed by atoms with Gasteiger partial charge in [0.25, 0.3) is 0 Å². The highest BCUT2D eigenvalue weighted by atomic mass is 16.5. The number of benzene rings is 1. The molecule has 1 saturated carbocycles. The molecule has 1 aliphatic carbocycles. The number of carbonyl (C=O) groups is 1. The first-order valence-electron chi connectivity index (χ1n) is 8.26. The maximum atomic E-state index is 12.3. The van der Waals surface area contributed by atoms with Gasteiger partial charge in [0.15, 0.2) is 0 Å². The lowest BCUT2D eigenvalue weighted by Gasteiger charge is -2.40. The van der Waals surface area contributed by atoms with E-state index in [1.165, 1.54) is 0 Å². The monoisotopic (exact) mass is 314 g/mol. The molecule has 0 heterocycles. The van der Waals surface area contributed by atoms with E-state index in [1.54, 1.807) is 13.0 Å². The summed E-state index contributed by atoms with van der Waals surface area (Å²) in [7, 11) is 0. The standard InChI is InChI=1S/C20H26O3/c1-5-16-13-14(3)10-11-17(16)15(4)20(22)12-8-7-9-18(20)19(21)23-6-2/h5,10-11,13,18,22H,1,4,6-9,12H2,2-3H3. The van der Waals surface area contributed by atoms with Crippen LogP contribution in [-0.4, -0.2) is 23.3 Å². The lowest BCUT2D eigenvalue weighted by molar-refractivity contribution is -0.157. The van der Waals surface area contributed by atoms with Gasteiger partial charge in [0.05, 0.1) is 12.5 Å². The second kappa shape index (κ2) is 7.14. The van der Waals surface area contributed by atoms with Crippen LogP contribution in [0.2, 0.25) is 0 Å². The normalized spacial score (nSPS) is 24.0. The maximum absolute atomic E-state index is 12.3. The van der Waals surface area contributed by atoms with Crippen molar-refractivity contribution in [3.63, 3.8) is 0 Å². The molecule has 3 heteroatoms. The average Bonchev–Trinajstić information content (AvgIpc) is 2.54. The molecule has 3 nitrogen and oxygen atoms in total. The average molecular weight is 314 g/mol. The Morgan fingerprint density at radius 3 is 2.87 bits per heavy atom. The number of hydrogen-bond donors (Lipinski definition) is 1. The van der Waals surface area contributed by atoms with Crippen molar-refractivity contribution in [2.75, 3.05) is 6.61 Å². The Hall–Kier alpha value is -1.87. The van der Waals surface area contributed by atoms with E-state index in [1.807, 2.05) is 25.1 Å². The third kappa shape index (κ3) is 3.40. The van der Waals surface area contributed by atoms with Crippen LogP contribution >= 0.6 is 0 Å². The van der Waals surface area contributed by atoms with Gasteiger partial charge in [0.1, 0.15) is 5.60 Å². The molecule has 0 radical (unpaired) electrons. The first kappa shape index (κ1) is 17.5. The van der Waals surface area contributed by atoms with Crippen LogP contribution in [0.15, 0.2) is 31.4 Å². The molecule has 1 N–H and O–H groups in total. The van der Waals surface area contributed by atoms with E-state index in [-0.39, 0.29) is 5.97 Å². The summed E-state index contributed by atoms with van der Waals surface area (Å²) in [4.78, 5) is 12.3. The van der Waals surface area contributed by atoms with E-state index in [0.29, 0.717) is 25.0 Å². The number of rotatable bonds is 5. The van der Waals surface area contributed by atoms with Gasteiger partial charge in [-0.3, -0.25) is 4.79 Å². The topological polar surface area (TPSA) is 46.5 Å². The van der Waals surface area contributed by atoms with Crippen LogP contribution in [0, 0.1) is 12.8 Å². The van der Waals surface area contributed by atoms with Crippen LogP contribution in [0.1, 0.15) is 49.3 Å². The van der Waals surface area contributed by atoms with Crippen LogP contribution in [0.3, 0.4) is 0 Å². The fourth-order valence-electron chi connectivity index (χ4n) is 3.43. The number of aryl methyl sites for hydroxylation is 1. The molecule has 0 aliphatic heterocycles. The summed E-state index contributed by atoms with van der Waals surface area (Å²) < 4.78 is 5.18. The third-order valence-corrected chi connectivity index (χ3v) is 4.72. The van der Waals surface area contributed by atoms with Gasteiger partial charge in [-0.2, -0.15) is 0 Å². The Labute approximate surface area is 138 Å². The van der Waals surface area contributed by atoms with E-state index in [9.17, 15) is 9.90 Å². The van der Waals surface area contributed by atoms with Gasteiger partial charge in [0.2, 0.25) is 0 Å². The molecule has 1 aromatic rings. The van der Waals surface area contributed by atoms with Crippen molar-refractivity contribution in [2.45, 2.75) is 45.1 Å².